The Morgan fingerprint density at radius 2 is 2.11 bits per heavy atom. The molecule has 0 aliphatic heterocycles. The monoisotopic (exact) mass is 295 g/mol. The van der Waals surface area contributed by atoms with Crippen LogP contribution in [0.25, 0.3) is 0 Å². The van der Waals surface area contributed by atoms with Crippen LogP contribution in [0.15, 0.2) is 6.20 Å². The lowest BCUT2D eigenvalue weighted by Crippen LogP contribution is -2.23. The molecule has 0 bridgehead atoms. The zero-order valence-corrected chi connectivity index (χ0v) is 12.2. The van der Waals surface area contributed by atoms with Gasteiger partial charge in [-0.1, -0.05) is 13.8 Å². The molecule has 0 unspecified atom stereocenters. The van der Waals surface area contributed by atoms with Gasteiger partial charge in [0.1, 0.15) is 0 Å². The Balaban J connectivity index is 2.40. The van der Waals surface area contributed by atoms with Crippen molar-refractivity contribution in [2.45, 2.75) is 33.0 Å². The minimum atomic E-state index is -4.12. The molecule has 110 valence electrons. The number of aromatic nitrogens is 1. The van der Waals surface area contributed by atoms with Crippen LogP contribution in [0, 0.1) is 5.92 Å². The van der Waals surface area contributed by atoms with Crippen molar-refractivity contribution < 1.29 is 13.2 Å². The van der Waals surface area contributed by atoms with E-state index in [4.69, 9.17) is 0 Å². The molecule has 1 heterocycles. The third-order valence-corrected chi connectivity index (χ3v) is 3.56. The van der Waals surface area contributed by atoms with Gasteiger partial charge in [0.2, 0.25) is 0 Å². The fourth-order valence-electron chi connectivity index (χ4n) is 1.43. The van der Waals surface area contributed by atoms with E-state index in [0.717, 1.165) is 11.4 Å². The van der Waals surface area contributed by atoms with E-state index in [1.807, 2.05) is 0 Å². The molecule has 7 heteroatoms. The van der Waals surface area contributed by atoms with Gasteiger partial charge in [0.05, 0.1) is 6.42 Å². The first-order valence-corrected chi connectivity index (χ1v) is 7.03. The Morgan fingerprint density at radius 3 is 2.68 bits per heavy atom. The second-order valence-electron chi connectivity index (χ2n) is 4.92. The van der Waals surface area contributed by atoms with Crippen LogP contribution in [-0.4, -0.2) is 31.3 Å². The fourth-order valence-corrected chi connectivity index (χ4v) is 2.30. The Hall–Kier alpha value is -0.820. The second kappa shape index (κ2) is 7.09. The maximum Gasteiger partial charge on any atom is 0.390 e. The summed E-state index contributed by atoms with van der Waals surface area (Å²) in [5.41, 5.74) is 0. The van der Waals surface area contributed by atoms with Crippen molar-refractivity contribution in [1.82, 2.24) is 10.3 Å². The summed E-state index contributed by atoms with van der Waals surface area (Å²) in [5.74, 6) is 0.571. The van der Waals surface area contributed by atoms with Gasteiger partial charge >= 0.3 is 6.18 Å². The number of halogens is 3. The van der Waals surface area contributed by atoms with E-state index in [9.17, 15) is 13.2 Å². The number of nitrogens with zero attached hydrogens (tertiary/aromatic N) is 2. The number of thiazole rings is 1. The van der Waals surface area contributed by atoms with E-state index in [0.29, 0.717) is 17.6 Å². The summed E-state index contributed by atoms with van der Waals surface area (Å²) in [7, 11) is 1.63. The summed E-state index contributed by atoms with van der Waals surface area (Å²) in [5, 5.41) is 3.91. The maximum atomic E-state index is 12.1. The van der Waals surface area contributed by atoms with Gasteiger partial charge in [0.15, 0.2) is 5.13 Å². The van der Waals surface area contributed by atoms with Crippen LogP contribution >= 0.6 is 11.3 Å². The van der Waals surface area contributed by atoms with E-state index in [2.05, 4.69) is 24.1 Å². The van der Waals surface area contributed by atoms with Crippen molar-refractivity contribution in [2.24, 2.45) is 5.92 Å². The smallest absolute Gasteiger partial charge is 0.351 e. The lowest BCUT2D eigenvalue weighted by Gasteiger charge is -2.16. The Morgan fingerprint density at radius 1 is 1.42 bits per heavy atom. The lowest BCUT2D eigenvalue weighted by molar-refractivity contribution is -0.132. The highest BCUT2D eigenvalue weighted by atomic mass is 32.1. The minimum Gasteiger partial charge on any atom is -0.351 e. The molecule has 3 nitrogen and oxygen atoms in total. The topological polar surface area (TPSA) is 28.2 Å². The summed E-state index contributed by atoms with van der Waals surface area (Å²) in [4.78, 5) is 6.73. The molecule has 0 spiro atoms. The summed E-state index contributed by atoms with van der Waals surface area (Å²) in [6, 6.07) is 0. The van der Waals surface area contributed by atoms with Crippen LogP contribution < -0.4 is 10.2 Å². The summed E-state index contributed by atoms with van der Waals surface area (Å²) in [6.07, 6.45) is -3.21. The van der Waals surface area contributed by atoms with E-state index in [-0.39, 0.29) is 6.54 Å². The van der Waals surface area contributed by atoms with Crippen LogP contribution in [0.1, 0.15) is 25.1 Å². The Bertz CT molecular complexity index is 377. The first kappa shape index (κ1) is 16.2. The number of anilines is 1. The normalized spacial score (nSPS) is 12.2. The quantitative estimate of drug-likeness (QED) is 0.837. The number of hydrogen-bond donors (Lipinski definition) is 1. The number of alkyl halides is 3. The van der Waals surface area contributed by atoms with Crippen LogP contribution in [-0.2, 0) is 6.54 Å². The molecule has 1 aromatic rings. The molecule has 0 aromatic carbocycles. The highest BCUT2D eigenvalue weighted by molar-refractivity contribution is 7.15. The predicted molar refractivity (Wildman–Crippen MR) is 72.6 cm³/mol. The molecule has 0 aliphatic rings. The van der Waals surface area contributed by atoms with Crippen LogP contribution in [0.4, 0.5) is 18.3 Å². The lowest BCUT2D eigenvalue weighted by atomic mass is 10.2. The average Bonchev–Trinajstić information content (AvgIpc) is 2.73. The van der Waals surface area contributed by atoms with Crippen molar-refractivity contribution >= 4 is 16.5 Å². The SMILES string of the molecule is CC(C)CNCc1cnc(N(C)CCC(F)(F)F)s1. The zero-order valence-electron chi connectivity index (χ0n) is 11.4. The van der Waals surface area contributed by atoms with E-state index in [1.54, 1.807) is 18.1 Å². The van der Waals surface area contributed by atoms with Gasteiger partial charge in [0, 0.05) is 31.2 Å². The molecular weight excluding hydrogens is 275 g/mol. The van der Waals surface area contributed by atoms with Crippen molar-refractivity contribution in [1.29, 1.82) is 0 Å². The molecule has 1 N–H and O–H groups in total. The molecule has 0 fully saturated rings. The van der Waals surface area contributed by atoms with Crippen molar-refractivity contribution in [2.75, 3.05) is 25.0 Å². The predicted octanol–water partition coefficient (Wildman–Crippen LogP) is 3.28. The molecule has 1 rings (SSSR count). The third kappa shape index (κ3) is 6.77. The summed E-state index contributed by atoms with van der Waals surface area (Å²) in [6.45, 7) is 5.81. The van der Waals surface area contributed by atoms with Gasteiger partial charge < -0.3 is 10.2 Å². The van der Waals surface area contributed by atoms with Gasteiger partial charge in [0.25, 0.3) is 0 Å². The molecule has 0 aliphatic carbocycles. The molecular formula is C12H20F3N3S. The van der Waals surface area contributed by atoms with E-state index in [1.165, 1.54) is 11.3 Å². The largest absolute Gasteiger partial charge is 0.390 e. The first-order chi connectivity index (χ1) is 8.78. The third-order valence-electron chi connectivity index (χ3n) is 2.45. The molecule has 0 amide bonds. The van der Waals surface area contributed by atoms with Gasteiger partial charge in [-0.05, 0) is 12.5 Å². The van der Waals surface area contributed by atoms with Crippen LogP contribution in [0.3, 0.4) is 0 Å². The minimum absolute atomic E-state index is 0.0596. The highest BCUT2D eigenvalue weighted by Gasteiger charge is 2.27. The summed E-state index contributed by atoms with van der Waals surface area (Å²) >= 11 is 1.43. The van der Waals surface area contributed by atoms with Gasteiger partial charge in [-0.15, -0.1) is 11.3 Å². The van der Waals surface area contributed by atoms with Crippen LogP contribution in [0.5, 0.6) is 0 Å². The van der Waals surface area contributed by atoms with Gasteiger partial charge in [-0.2, -0.15) is 13.2 Å². The molecule has 0 atom stereocenters. The molecule has 0 saturated carbocycles. The molecule has 19 heavy (non-hydrogen) atoms. The van der Waals surface area contributed by atoms with Crippen molar-refractivity contribution in [3.8, 4) is 0 Å². The average molecular weight is 295 g/mol. The number of rotatable bonds is 7. The van der Waals surface area contributed by atoms with E-state index >= 15 is 0 Å². The first-order valence-electron chi connectivity index (χ1n) is 6.21. The summed E-state index contributed by atoms with van der Waals surface area (Å²) < 4.78 is 36.4. The Kier molecular flexibility index (Phi) is 6.06. The Labute approximate surface area is 115 Å². The second-order valence-corrected chi connectivity index (χ2v) is 6.01. The maximum absolute atomic E-state index is 12.1. The number of nitrogens with one attached hydrogen (secondary N) is 1. The molecule has 0 saturated heterocycles. The van der Waals surface area contributed by atoms with E-state index < -0.39 is 12.6 Å². The van der Waals surface area contributed by atoms with Crippen LogP contribution in [0.2, 0.25) is 0 Å². The number of hydrogen-bond acceptors (Lipinski definition) is 4. The van der Waals surface area contributed by atoms with Gasteiger partial charge in [-0.3, -0.25) is 0 Å². The fraction of sp³-hybridized carbons (Fsp3) is 0.750. The van der Waals surface area contributed by atoms with Gasteiger partial charge in [-0.25, -0.2) is 4.98 Å². The molecule has 1 aromatic heterocycles. The van der Waals surface area contributed by atoms with Crippen molar-refractivity contribution in [3.63, 3.8) is 0 Å². The zero-order chi connectivity index (χ0) is 14.5. The highest BCUT2D eigenvalue weighted by Crippen LogP contribution is 2.24. The standard InChI is InChI=1S/C12H20F3N3S/c1-9(2)6-16-7-10-8-17-11(19-10)18(3)5-4-12(13,14)15/h8-9,16H,4-7H2,1-3H3. The molecule has 0 radical (unpaired) electrons. The van der Waals surface area contributed by atoms with Crippen molar-refractivity contribution in [3.05, 3.63) is 11.1 Å².